The van der Waals surface area contributed by atoms with E-state index in [0.29, 0.717) is 24.0 Å². The third-order valence-electron chi connectivity index (χ3n) is 2.94. The fourth-order valence-corrected chi connectivity index (χ4v) is 1.62. The fourth-order valence-electron chi connectivity index (χ4n) is 1.62. The van der Waals surface area contributed by atoms with Crippen LogP contribution >= 0.6 is 0 Å². The Morgan fingerprint density at radius 1 is 1.21 bits per heavy atom. The molecule has 1 aliphatic rings. The summed E-state index contributed by atoms with van der Waals surface area (Å²) in [6.07, 6.45) is 5.46. The molecular formula is C15H18O4. The average Bonchev–Trinajstić information content (AvgIpc) is 3.26. The van der Waals surface area contributed by atoms with Crippen LogP contribution in [0.25, 0.3) is 6.08 Å². The summed E-state index contributed by atoms with van der Waals surface area (Å²) in [5, 5.41) is 0. The first-order chi connectivity index (χ1) is 9.21. The molecule has 0 heterocycles. The van der Waals surface area contributed by atoms with Gasteiger partial charge in [0.1, 0.15) is 11.5 Å². The molecule has 0 aromatic heterocycles. The van der Waals surface area contributed by atoms with E-state index in [-0.39, 0.29) is 5.97 Å². The lowest BCUT2D eigenvalue weighted by atomic mass is 10.2. The number of methoxy groups -OCH3 is 2. The second kappa shape index (κ2) is 6.27. The Hall–Kier alpha value is -1.97. The first-order valence-electron chi connectivity index (χ1n) is 6.29. The summed E-state index contributed by atoms with van der Waals surface area (Å²) >= 11 is 0. The van der Waals surface area contributed by atoms with Crippen LogP contribution in [-0.4, -0.2) is 26.8 Å². The van der Waals surface area contributed by atoms with Crippen LogP contribution in [0.2, 0.25) is 0 Å². The molecule has 1 aliphatic carbocycles. The third-order valence-corrected chi connectivity index (χ3v) is 2.94. The van der Waals surface area contributed by atoms with Gasteiger partial charge in [0.25, 0.3) is 0 Å². The molecule has 0 bridgehead atoms. The minimum absolute atomic E-state index is 0.311. The number of hydrogen-bond donors (Lipinski definition) is 0. The molecule has 102 valence electrons. The maximum atomic E-state index is 11.5. The van der Waals surface area contributed by atoms with Gasteiger partial charge in [0, 0.05) is 12.1 Å². The SMILES string of the molecule is COc1cc(/C=C/C(=O)OCC2CC2)cc(OC)c1. The predicted octanol–water partition coefficient (Wildman–Crippen LogP) is 2.67. The van der Waals surface area contributed by atoms with Crippen molar-refractivity contribution in [3.05, 3.63) is 29.8 Å². The predicted molar refractivity (Wildman–Crippen MR) is 72.3 cm³/mol. The number of carbonyl (C=O) groups is 1. The van der Waals surface area contributed by atoms with E-state index in [1.165, 1.54) is 18.9 Å². The van der Waals surface area contributed by atoms with E-state index in [4.69, 9.17) is 14.2 Å². The highest BCUT2D eigenvalue weighted by Crippen LogP contribution is 2.28. The zero-order chi connectivity index (χ0) is 13.7. The maximum absolute atomic E-state index is 11.5. The summed E-state index contributed by atoms with van der Waals surface area (Å²) in [5.74, 6) is 1.64. The van der Waals surface area contributed by atoms with Crippen LogP contribution in [-0.2, 0) is 9.53 Å². The molecule has 0 unspecified atom stereocenters. The fraction of sp³-hybridized carbons (Fsp3) is 0.400. The van der Waals surface area contributed by atoms with Crippen molar-refractivity contribution in [1.29, 1.82) is 0 Å². The topological polar surface area (TPSA) is 44.8 Å². The first kappa shape index (κ1) is 13.5. The molecule has 1 fully saturated rings. The van der Waals surface area contributed by atoms with Crippen LogP contribution in [0, 0.1) is 5.92 Å². The number of rotatable bonds is 6. The van der Waals surface area contributed by atoms with Crippen molar-refractivity contribution in [2.75, 3.05) is 20.8 Å². The van der Waals surface area contributed by atoms with Gasteiger partial charge in [-0.25, -0.2) is 4.79 Å². The Kier molecular flexibility index (Phi) is 4.44. The molecule has 0 amide bonds. The lowest BCUT2D eigenvalue weighted by molar-refractivity contribution is -0.138. The van der Waals surface area contributed by atoms with Crippen LogP contribution < -0.4 is 9.47 Å². The van der Waals surface area contributed by atoms with E-state index in [9.17, 15) is 4.79 Å². The van der Waals surface area contributed by atoms with Gasteiger partial charge in [-0.2, -0.15) is 0 Å². The molecule has 4 heteroatoms. The highest BCUT2D eigenvalue weighted by Gasteiger charge is 2.22. The molecule has 2 rings (SSSR count). The van der Waals surface area contributed by atoms with Crippen LogP contribution in [0.4, 0.5) is 0 Å². The minimum atomic E-state index is -0.311. The Morgan fingerprint density at radius 3 is 2.37 bits per heavy atom. The van der Waals surface area contributed by atoms with Crippen molar-refractivity contribution < 1.29 is 19.0 Å². The van der Waals surface area contributed by atoms with Crippen LogP contribution in [0.5, 0.6) is 11.5 Å². The summed E-state index contributed by atoms with van der Waals surface area (Å²) in [5.41, 5.74) is 0.833. The maximum Gasteiger partial charge on any atom is 0.330 e. The van der Waals surface area contributed by atoms with Gasteiger partial charge in [-0.15, -0.1) is 0 Å². The summed E-state index contributed by atoms with van der Waals surface area (Å²) in [6, 6.07) is 5.43. The zero-order valence-electron chi connectivity index (χ0n) is 11.2. The van der Waals surface area contributed by atoms with Gasteiger partial charge in [-0.1, -0.05) is 0 Å². The van der Waals surface area contributed by atoms with Crippen molar-refractivity contribution in [3.63, 3.8) is 0 Å². The molecule has 19 heavy (non-hydrogen) atoms. The van der Waals surface area contributed by atoms with Crippen molar-refractivity contribution in [1.82, 2.24) is 0 Å². The van der Waals surface area contributed by atoms with E-state index in [1.54, 1.807) is 26.4 Å². The molecule has 1 aromatic rings. The highest BCUT2D eigenvalue weighted by atomic mass is 16.5. The van der Waals surface area contributed by atoms with Gasteiger partial charge in [-0.05, 0) is 42.5 Å². The Labute approximate surface area is 113 Å². The Morgan fingerprint density at radius 2 is 1.84 bits per heavy atom. The van der Waals surface area contributed by atoms with E-state index in [1.807, 2.05) is 12.1 Å². The van der Waals surface area contributed by atoms with E-state index >= 15 is 0 Å². The molecule has 0 radical (unpaired) electrons. The molecule has 0 spiro atoms. The molecular weight excluding hydrogens is 244 g/mol. The average molecular weight is 262 g/mol. The van der Waals surface area contributed by atoms with Crippen LogP contribution in [0.3, 0.4) is 0 Å². The summed E-state index contributed by atoms with van der Waals surface area (Å²) in [4.78, 5) is 11.5. The van der Waals surface area contributed by atoms with Crippen LogP contribution in [0.1, 0.15) is 18.4 Å². The molecule has 0 atom stereocenters. The summed E-state index contributed by atoms with van der Waals surface area (Å²) < 4.78 is 15.4. The van der Waals surface area contributed by atoms with Gasteiger partial charge in [0.2, 0.25) is 0 Å². The largest absolute Gasteiger partial charge is 0.497 e. The van der Waals surface area contributed by atoms with Gasteiger partial charge in [-0.3, -0.25) is 0 Å². The van der Waals surface area contributed by atoms with Gasteiger partial charge < -0.3 is 14.2 Å². The monoisotopic (exact) mass is 262 g/mol. The van der Waals surface area contributed by atoms with Crippen molar-refractivity contribution in [2.24, 2.45) is 5.92 Å². The first-order valence-corrected chi connectivity index (χ1v) is 6.29. The molecule has 0 N–H and O–H groups in total. The lowest BCUT2D eigenvalue weighted by Crippen LogP contribution is -2.03. The number of carbonyl (C=O) groups excluding carboxylic acids is 1. The smallest absolute Gasteiger partial charge is 0.330 e. The van der Waals surface area contributed by atoms with Gasteiger partial charge in [0.05, 0.1) is 20.8 Å². The molecule has 0 aliphatic heterocycles. The van der Waals surface area contributed by atoms with Crippen molar-refractivity contribution in [3.8, 4) is 11.5 Å². The van der Waals surface area contributed by atoms with Crippen molar-refractivity contribution in [2.45, 2.75) is 12.8 Å². The van der Waals surface area contributed by atoms with E-state index < -0.39 is 0 Å². The van der Waals surface area contributed by atoms with Crippen LogP contribution in [0.15, 0.2) is 24.3 Å². The number of benzene rings is 1. The number of ether oxygens (including phenoxy) is 3. The van der Waals surface area contributed by atoms with Gasteiger partial charge in [0.15, 0.2) is 0 Å². The normalized spacial score (nSPS) is 14.4. The summed E-state index contributed by atoms with van der Waals surface area (Å²) in [6.45, 7) is 0.532. The molecule has 1 saturated carbocycles. The minimum Gasteiger partial charge on any atom is -0.497 e. The number of esters is 1. The van der Waals surface area contributed by atoms with Crippen molar-refractivity contribution >= 4 is 12.0 Å². The van der Waals surface area contributed by atoms with E-state index in [2.05, 4.69) is 0 Å². The zero-order valence-corrected chi connectivity index (χ0v) is 11.2. The molecule has 4 nitrogen and oxygen atoms in total. The molecule has 1 aromatic carbocycles. The number of hydrogen-bond acceptors (Lipinski definition) is 4. The quantitative estimate of drug-likeness (QED) is 0.584. The van der Waals surface area contributed by atoms with Gasteiger partial charge >= 0.3 is 5.97 Å². The second-order valence-electron chi connectivity index (χ2n) is 4.55. The second-order valence-corrected chi connectivity index (χ2v) is 4.55. The Bertz CT molecular complexity index is 453. The standard InChI is InChI=1S/C15H18O4/c1-17-13-7-12(8-14(9-13)18-2)5-6-15(16)19-10-11-3-4-11/h5-9,11H,3-4,10H2,1-2H3/b6-5+. The third kappa shape index (κ3) is 4.32. The molecule has 0 saturated heterocycles. The summed E-state index contributed by atoms with van der Waals surface area (Å²) in [7, 11) is 3.18. The highest BCUT2D eigenvalue weighted by molar-refractivity contribution is 5.87. The van der Waals surface area contributed by atoms with E-state index in [0.717, 1.165) is 5.56 Å². The lowest BCUT2D eigenvalue weighted by Gasteiger charge is -2.05. The Balaban J connectivity index is 1.97.